The van der Waals surface area contributed by atoms with Gasteiger partial charge in [-0.05, 0) is 24.1 Å². The Hall–Kier alpha value is -1.13. The van der Waals surface area contributed by atoms with Crippen LogP contribution >= 0.6 is 0 Å². The minimum Gasteiger partial charge on any atom is -0.394 e. The number of hydrogen-bond donors (Lipinski definition) is 2. The van der Waals surface area contributed by atoms with Crippen LogP contribution in [0.25, 0.3) is 0 Å². The fourth-order valence-corrected chi connectivity index (χ4v) is 1.28. The molecule has 4 heteroatoms. The molecule has 0 unspecified atom stereocenters. The van der Waals surface area contributed by atoms with Crippen LogP contribution in [-0.2, 0) is 0 Å². The molecule has 1 aromatic rings. The molecule has 3 N–H and O–H groups in total. The first-order valence-corrected chi connectivity index (χ1v) is 4.56. The number of aromatic nitrogens is 1. The third-order valence-corrected chi connectivity index (χ3v) is 2.19. The summed E-state index contributed by atoms with van der Waals surface area (Å²) in [5.41, 5.74) is 7.68. The molecule has 1 atom stereocenters. The molecule has 1 aromatic heterocycles. The largest absolute Gasteiger partial charge is 0.394 e. The van der Waals surface area contributed by atoms with Crippen molar-refractivity contribution in [1.29, 1.82) is 0 Å². The molecule has 0 aliphatic rings. The summed E-state index contributed by atoms with van der Waals surface area (Å²) in [6.07, 6.45) is 1.73. The number of aliphatic hydroxyl groups excluding tert-OH is 1. The summed E-state index contributed by atoms with van der Waals surface area (Å²) < 4.78 is 0. The Morgan fingerprint density at radius 2 is 2.21 bits per heavy atom. The lowest BCUT2D eigenvalue weighted by Gasteiger charge is -2.16. The molecule has 1 rings (SSSR count). The highest BCUT2D eigenvalue weighted by Crippen LogP contribution is 2.18. The van der Waals surface area contributed by atoms with E-state index >= 15 is 0 Å². The van der Waals surface area contributed by atoms with Gasteiger partial charge in [0.15, 0.2) is 0 Å². The Balaban J connectivity index is 3.01. The number of pyridine rings is 1. The molecule has 0 spiro atoms. The van der Waals surface area contributed by atoms with Crippen molar-refractivity contribution in [3.63, 3.8) is 0 Å². The first-order valence-electron chi connectivity index (χ1n) is 4.56. The first kappa shape index (κ1) is 10.9. The van der Waals surface area contributed by atoms with Gasteiger partial charge in [-0.1, -0.05) is 0 Å². The molecular formula is C10H17N3O. The van der Waals surface area contributed by atoms with Crippen molar-refractivity contribution in [3.8, 4) is 0 Å². The zero-order valence-electron chi connectivity index (χ0n) is 8.86. The highest BCUT2D eigenvalue weighted by atomic mass is 16.3. The minimum atomic E-state index is -0.335. The Morgan fingerprint density at radius 1 is 1.57 bits per heavy atom. The lowest BCUT2D eigenvalue weighted by molar-refractivity contribution is 0.267. The van der Waals surface area contributed by atoms with Gasteiger partial charge in [0, 0.05) is 20.3 Å². The second-order valence-corrected chi connectivity index (χ2v) is 3.58. The quantitative estimate of drug-likeness (QED) is 0.735. The molecule has 0 amide bonds. The highest BCUT2D eigenvalue weighted by Gasteiger charge is 2.09. The van der Waals surface area contributed by atoms with E-state index in [4.69, 9.17) is 10.8 Å². The van der Waals surface area contributed by atoms with E-state index in [1.54, 1.807) is 6.20 Å². The number of aliphatic hydroxyl groups is 1. The normalized spacial score (nSPS) is 12.6. The van der Waals surface area contributed by atoms with Crippen LogP contribution in [0.4, 0.5) is 5.82 Å². The summed E-state index contributed by atoms with van der Waals surface area (Å²) in [5.74, 6) is 0.899. The molecule has 0 bridgehead atoms. The third kappa shape index (κ3) is 2.21. The average Bonchev–Trinajstić information content (AvgIpc) is 2.16. The number of hydrogen-bond acceptors (Lipinski definition) is 4. The van der Waals surface area contributed by atoms with E-state index in [-0.39, 0.29) is 12.6 Å². The molecule has 4 nitrogen and oxygen atoms in total. The van der Waals surface area contributed by atoms with E-state index in [0.29, 0.717) is 0 Å². The lowest BCUT2D eigenvalue weighted by atomic mass is 10.1. The van der Waals surface area contributed by atoms with Crippen LogP contribution in [-0.4, -0.2) is 30.8 Å². The third-order valence-electron chi connectivity index (χ3n) is 2.19. The van der Waals surface area contributed by atoms with E-state index in [1.807, 2.05) is 32.0 Å². The number of anilines is 1. The number of rotatable bonds is 3. The minimum absolute atomic E-state index is 0.0518. The Kier molecular flexibility index (Phi) is 3.43. The molecule has 0 aromatic carbocycles. The second-order valence-electron chi connectivity index (χ2n) is 3.58. The zero-order valence-corrected chi connectivity index (χ0v) is 8.86. The van der Waals surface area contributed by atoms with Crippen molar-refractivity contribution >= 4 is 5.82 Å². The summed E-state index contributed by atoms with van der Waals surface area (Å²) in [6, 6.07) is 1.63. The fraction of sp³-hybridized carbons (Fsp3) is 0.500. The Labute approximate surface area is 84.4 Å². The molecule has 0 radical (unpaired) electrons. The molecule has 1 heterocycles. The van der Waals surface area contributed by atoms with Gasteiger partial charge in [-0.3, -0.25) is 0 Å². The molecule has 14 heavy (non-hydrogen) atoms. The van der Waals surface area contributed by atoms with Gasteiger partial charge in [0.2, 0.25) is 0 Å². The van der Waals surface area contributed by atoms with Crippen molar-refractivity contribution in [2.75, 3.05) is 25.6 Å². The van der Waals surface area contributed by atoms with Gasteiger partial charge in [0.25, 0.3) is 0 Å². The van der Waals surface area contributed by atoms with Crippen LogP contribution in [0.2, 0.25) is 0 Å². The van der Waals surface area contributed by atoms with Crippen LogP contribution in [0.3, 0.4) is 0 Å². The average molecular weight is 195 g/mol. The first-order chi connectivity index (χ1) is 6.56. The Morgan fingerprint density at radius 3 is 2.64 bits per heavy atom. The number of nitrogens with zero attached hydrogens (tertiary/aromatic N) is 2. The van der Waals surface area contributed by atoms with E-state index in [2.05, 4.69) is 4.98 Å². The van der Waals surface area contributed by atoms with Gasteiger partial charge >= 0.3 is 0 Å². The fourth-order valence-electron chi connectivity index (χ4n) is 1.28. The summed E-state index contributed by atoms with van der Waals surface area (Å²) in [4.78, 5) is 6.17. The summed E-state index contributed by atoms with van der Waals surface area (Å²) in [6.45, 7) is 1.92. The van der Waals surface area contributed by atoms with Crippen molar-refractivity contribution in [2.45, 2.75) is 13.0 Å². The SMILES string of the molecule is Cc1cc(N(C)C)ncc1[C@H](N)CO. The summed E-state index contributed by atoms with van der Waals surface area (Å²) in [5, 5.41) is 8.93. The van der Waals surface area contributed by atoms with Gasteiger partial charge in [0.05, 0.1) is 12.6 Å². The maximum absolute atomic E-state index is 8.93. The van der Waals surface area contributed by atoms with Crippen molar-refractivity contribution in [2.24, 2.45) is 5.73 Å². The van der Waals surface area contributed by atoms with E-state index < -0.39 is 0 Å². The predicted molar refractivity (Wildman–Crippen MR) is 57.3 cm³/mol. The van der Waals surface area contributed by atoms with Crippen LogP contribution < -0.4 is 10.6 Å². The van der Waals surface area contributed by atoms with Crippen LogP contribution in [0.15, 0.2) is 12.3 Å². The second kappa shape index (κ2) is 4.39. The standard InChI is InChI=1S/C10H17N3O/c1-7-4-10(13(2)3)12-5-8(7)9(11)6-14/h4-5,9,14H,6,11H2,1-3H3/t9-/m1/s1. The molecule has 0 aliphatic heterocycles. The van der Waals surface area contributed by atoms with Crippen LogP contribution in [0.1, 0.15) is 17.2 Å². The molecule has 0 aliphatic carbocycles. The molecule has 78 valence electrons. The van der Waals surface area contributed by atoms with Gasteiger partial charge in [0.1, 0.15) is 5.82 Å². The smallest absolute Gasteiger partial charge is 0.128 e. The molecule has 0 saturated heterocycles. The molecule has 0 fully saturated rings. The van der Waals surface area contributed by atoms with E-state index in [0.717, 1.165) is 16.9 Å². The monoisotopic (exact) mass is 195 g/mol. The highest BCUT2D eigenvalue weighted by molar-refractivity contribution is 5.42. The van der Waals surface area contributed by atoms with Gasteiger partial charge in [-0.25, -0.2) is 4.98 Å². The van der Waals surface area contributed by atoms with Crippen molar-refractivity contribution in [3.05, 3.63) is 23.4 Å². The van der Waals surface area contributed by atoms with Crippen molar-refractivity contribution in [1.82, 2.24) is 4.98 Å². The summed E-state index contributed by atoms with van der Waals surface area (Å²) in [7, 11) is 3.88. The maximum atomic E-state index is 8.93. The maximum Gasteiger partial charge on any atom is 0.128 e. The van der Waals surface area contributed by atoms with Crippen molar-refractivity contribution < 1.29 is 5.11 Å². The van der Waals surface area contributed by atoms with E-state index in [1.165, 1.54) is 0 Å². The molecular weight excluding hydrogens is 178 g/mol. The summed E-state index contributed by atoms with van der Waals surface area (Å²) >= 11 is 0. The van der Waals surface area contributed by atoms with Gasteiger partial charge in [-0.15, -0.1) is 0 Å². The van der Waals surface area contributed by atoms with Gasteiger partial charge in [-0.2, -0.15) is 0 Å². The number of nitrogens with two attached hydrogens (primary N) is 1. The van der Waals surface area contributed by atoms with E-state index in [9.17, 15) is 0 Å². The number of aryl methyl sites for hydroxylation is 1. The van der Waals surface area contributed by atoms with Crippen LogP contribution in [0, 0.1) is 6.92 Å². The van der Waals surface area contributed by atoms with Crippen LogP contribution in [0.5, 0.6) is 0 Å². The predicted octanol–water partition coefficient (Wildman–Crippen LogP) is 0.448. The topological polar surface area (TPSA) is 62.4 Å². The zero-order chi connectivity index (χ0) is 10.7. The molecule has 0 saturated carbocycles. The Bertz CT molecular complexity index is 312. The van der Waals surface area contributed by atoms with Gasteiger partial charge < -0.3 is 15.7 Å². The lowest BCUT2D eigenvalue weighted by Crippen LogP contribution is -2.17.